The molecule has 1 atom stereocenters. The Morgan fingerprint density at radius 1 is 1.23 bits per heavy atom. The molecule has 7 nitrogen and oxygen atoms in total. The van der Waals surface area contributed by atoms with Crippen molar-refractivity contribution in [3.63, 3.8) is 0 Å². The maximum absolute atomic E-state index is 13.8. The summed E-state index contributed by atoms with van der Waals surface area (Å²) in [5.41, 5.74) is 1.73. The minimum Gasteiger partial charge on any atom is -0.382 e. The molecule has 9 heteroatoms. The van der Waals surface area contributed by atoms with Gasteiger partial charge in [0, 0.05) is 45.3 Å². The van der Waals surface area contributed by atoms with Gasteiger partial charge in [0.2, 0.25) is 5.78 Å². The normalized spacial score (nSPS) is 17.0. The van der Waals surface area contributed by atoms with Crippen LogP contribution in [0.5, 0.6) is 0 Å². The van der Waals surface area contributed by atoms with Gasteiger partial charge < -0.3 is 4.90 Å². The van der Waals surface area contributed by atoms with Crippen LogP contribution in [0.15, 0.2) is 65.2 Å². The topological polar surface area (TPSA) is 86.4 Å². The number of ketones is 1. The van der Waals surface area contributed by atoms with E-state index in [2.05, 4.69) is 0 Å². The van der Waals surface area contributed by atoms with Crippen LogP contribution in [0.3, 0.4) is 0 Å². The lowest BCUT2D eigenvalue weighted by atomic mass is 10.1. The van der Waals surface area contributed by atoms with Crippen LogP contribution in [-0.4, -0.2) is 61.3 Å². The summed E-state index contributed by atoms with van der Waals surface area (Å²) < 4.78 is 42.4. The number of nitriles is 1. The maximum Gasteiger partial charge on any atom is 0.268 e. The number of Topliss-reactive ketones (excluding diaryl/α,β-unsaturated/α-hetero) is 1. The largest absolute Gasteiger partial charge is 0.382 e. The summed E-state index contributed by atoms with van der Waals surface area (Å²) in [4.78, 5) is 17.0. The number of fused-ring (bicyclic) bond motifs is 1. The van der Waals surface area contributed by atoms with Crippen molar-refractivity contribution >= 4 is 26.7 Å². The van der Waals surface area contributed by atoms with Gasteiger partial charge >= 0.3 is 0 Å². The summed E-state index contributed by atoms with van der Waals surface area (Å²) in [6.45, 7) is 3.21. The lowest BCUT2D eigenvalue weighted by Crippen LogP contribution is -2.20. The number of allylic oxidation sites excluding steroid dienone is 1. The fourth-order valence-corrected chi connectivity index (χ4v) is 5.85. The van der Waals surface area contributed by atoms with Gasteiger partial charge in [0.05, 0.1) is 10.4 Å². The van der Waals surface area contributed by atoms with E-state index in [4.69, 9.17) is 0 Å². The number of benzene rings is 2. The Labute approximate surface area is 204 Å². The second kappa shape index (κ2) is 9.64. The predicted octanol–water partition coefficient (Wildman–Crippen LogP) is 3.88. The predicted molar refractivity (Wildman–Crippen MR) is 132 cm³/mol. The number of nitrogens with zero attached hydrogens (tertiary/aromatic N) is 4. The van der Waals surface area contributed by atoms with Gasteiger partial charge in [-0.2, -0.15) is 5.26 Å². The Morgan fingerprint density at radius 2 is 1.94 bits per heavy atom. The van der Waals surface area contributed by atoms with E-state index in [1.165, 1.54) is 24.4 Å². The Hall–Kier alpha value is -3.48. The van der Waals surface area contributed by atoms with E-state index in [-0.39, 0.29) is 16.2 Å². The first kappa shape index (κ1) is 24.6. The van der Waals surface area contributed by atoms with Crippen molar-refractivity contribution in [1.29, 1.82) is 5.26 Å². The van der Waals surface area contributed by atoms with Gasteiger partial charge in [-0.25, -0.2) is 16.8 Å². The highest BCUT2D eigenvalue weighted by atomic mass is 32.2. The lowest BCUT2D eigenvalue weighted by molar-refractivity contribution is 0.103. The number of carbonyl (C=O) groups excluding carboxylic acids is 1. The van der Waals surface area contributed by atoms with E-state index in [0.29, 0.717) is 37.0 Å². The van der Waals surface area contributed by atoms with E-state index in [1.807, 2.05) is 24.0 Å². The molecule has 0 amide bonds. The quantitative estimate of drug-likeness (QED) is 0.282. The number of aromatic nitrogens is 1. The third-order valence-electron chi connectivity index (χ3n) is 6.05. The Morgan fingerprint density at radius 3 is 2.54 bits per heavy atom. The molecule has 1 aliphatic rings. The van der Waals surface area contributed by atoms with Crippen molar-refractivity contribution in [1.82, 2.24) is 13.8 Å². The summed E-state index contributed by atoms with van der Waals surface area (Å²) in [6.07, 6.45) is 0.950. The zero-order chi connectivity index (χ0) is 25.3. The van der Waals surface area contributed by atoms with Gasteiger partial charge in [-0.1, -0.05) is 29.8 Å². The molecule has 0 bridgehead atoms. The molecule has 1 saturated heterocycles. The van der Waals surface area contributed by atoms with Crippen LogP contribution in [0.4, 0.5) is 4.39 Å². The fourth-order valence-electron chi connectivity index (χ4n) is 4.34. The second-order valence-electron chi connectivity index (χ2n) is 9.03. The molecule has 2 heterocycles. The number of hydrogen-bond acceptors (Lipinski definition) is 6. The van der Waals surface area contributed by atoms with Crippen LogP contribution in [0.1, 0.15) is 28.0 Å². The van der Waals surface area contributed by atoms with Crippen LogP contribution in [0.25, 0.3) is 10.9 Å². The molecule has 4 rings (SSSR count). The van der Waals surface area contributed by atoms with Gasteiger partial charge in [-0.15, -0.1) is 0 Å². The standard InChI is InChI=1S/C26H27FN4O3S/c1-18-7-9-22(10-8-18)35(33,34)31-24-6-4-5-19(16-30-12-11-21(27)17-30)23(24)13-25(31)26(32)20(14-28)15-29(2)3/h4-10,13,15,21H,11-12,16-17H2,1-3H3. The molecule has 1 fully saturated rings. The van der Waals surface area contributed by atoms with Crippen molar-refractivity contribution in [2.45, 2.75) is 31.0 Å². The molecule has 0 radical (unpaired) electrons. The maximum atomic E-state index is 13.8. The lowest BCUT2D eigenvalue weighted by Gasteiger charge is -2.16. The fraction of sp³-hybridized carbons (Fsp3) is 0.308. The van der Waals surface area contributed by atoms with Gasteiger partial charge in [0.1, 0.15) is 23.5 Å². The smallest absolute Gasteiger partial charge is 0.268 e. The van der Waals surface area contributed by atoms with E-state index in [1.54, 1.807) is 43.3 Å². The first-order chi connectivity index (χ1) is 16.6. The Balaban J connectivity index is 1.94. The number of alkyl halides is 1. The highest BCUT2D eigenvalue weighted by Crippen LogP contribution is 2.31. The van der Waals surface area contributed by atoms with Crippen LogP contribution in [0.2, 0.25) is 0 Å². The number of likely N-dealkylation sites (tertiary alicyclic amines) is 1. The summed E-state index contributed by atoms with van der Waals surface area (Å²) in [6, 6.07) is 15.0. The molecule has 0 saturated carbocycles. The first-order valence-electron chi connectivity index (χ1n) is 11.3. The molecule has 0 aliphatic carbocycles. The average molecular weight is 495 g/mol. The summed E-state index contributed by atoms with van der Waals surface area (Å²) in [5, 5.41) is 10.2. The van der Waals surface area contributed by atoms with Crippen LogP contribution < -0.4 is 0 Å². The number of halogens is 1. The highest BCUT2D eigenvalue weighted by molar-refractivity contribution is 7.90. The molecule has 182 valence electrons. The molecule has 35 heavy (non-hydrogen) atoms. The average Bonchev–Trinajstić information content (AvgIpc) is 3.41. The van der Waals surface area contributed by atoms with E-state index in [9.17, 15) is 22.9 Å². The molecule has 1 unspecified atom stereocenters. The van der Waals surface area contributed by atoms with Gasteiger partial charge in [-0.3, -0.25) is 9.69 Å². The zero-order valence-corrected chi connectivity index (χ0v) is 20.7. The Kier molecular flexibility index (Phi) is 6.79. The third kappa shape index (κ3) is 4.85. The summed E-state index contributed by atoms with van der Waals surface area (Å²) >= 11 is 0. The first-order valence-corrected chi connectivity index (χ1v) is 12.7. The molecular weight excluding hydrogens is 467 g/mol. The molecule has 0 spiro atoms. The molecule has 1 aliphatic heterocycles. The van der Waals surface area contributed by atoms with Crippen molar-refractivity contribution < 1.29 is 17.6 Å². The number of rotatable bonds is 7. The highest BCUT2D eigenvalue weighted by Gasteiger charge is 2.30. The second-order valence-corrected chi connectivity index (χ2v) is 10.8. The van der Waals surface area contributed by atoms with E-state index < -0.39 is 22.0 Å². The van der Waals surface area contributed by atoms with Crippen molar-refractivity contribution in [2.75, 3.05) is 27.2 Å². The van der Waals surface area contributed by atoms with Crippen LogP contribution >= 0.6 is 0 Å². The van der Waals surface area contributed by atoms with E-state index in [0.717, 1.165) is 15.1 Å². The SMILES string of the molecule is Cc1ccc(S(=O)(=O)n2c(C(=O)C(C#N)=CN(C)C)cc3c(CN4CCC(F)C4)cccc32)cc1. The summed E-state index contributed by atoms with van der Waals surface area (Å²) in [5.74, 6) is -0.691. The minimum absolute atomic E-state index is 0.0370. The molecule has 0 N–H and O–H groups in total. The molecular formula is C26H27FN4O3S. The van der Waals surface area contributed by atoms with E-state index >= 15 is 0 Å². The third-order valence-corrected chi connectivity index (χ3v) is 7.79. The molecule has 2 aromatic carbocycles. The van der Waals surface area contributed by atoms with Crippen molar-refractivity contribution in [2.24, 2.45) is 0 Å². The van der Waals surface area contributed by atoms with Crippen molar-refractivity contribution in [3.05, 3.63) is 77.1 Å². The summed E-state index contributed by atoms with van der Waals surface area (Å²) in [7, 11) is -0.813. The van der Waals surface area contributed by atoms with Crippen LogP contribution in [-0.2, 0) is 16.6 Å². The molecule has 3 aromatic rings. The zero-order valence-electron chi connectivity index (χ0n) is 19.9. The van der Waals surface area contributed by atoms with Crippen molar-refractivity contribution in [3.8, 4) is 6.07 Å². The minimum atomic E-state index is -4.17. The van der Waals surface area contributed by atoms with Gasteiger partial charge in [0.25, 0.3) is 10.0 Å². The van der Waals surface area contributed by atoms with Gasteiger partial charge in [0.15, 0.2) is 0 Å². The van der Waals surface area contributed by atoms with Gasteiger partial charge in [-0.05, 0) is 43.2 Å². The number of hydrogen-bond donors (Lipinski definition) is 0. The number of carbonyl (C=O) groups is 1. The van der Waals surface area contributed by atoms with Crippen LogP contribution in [0, 0.1) is 18.3 Å². The monoisotopic (exact) mass is 494 g/mol. The molecule has 1 aromatic heterocycles. The number of aryl methyl sites for hydroxylation is 1. The Bertz CT molecular complexity index is 1450.